The molecule has 1 aliphatic heterocycles. The van der Waals surface area contributed by atoms with Gasteiger partial charge in [-0.1, -0.05) is 24.3 Å². The van der Waals surface area contributed by atoms with Crippen molar-refractivity contribution in [1.82, 2.24) is 9.78 Å². The summed E-state index contributed by atoms with van der Waals surface area (Å²) in [5.74, 6) is 1.87. The van der Waals surface area contributed by atoms with Crippen molar-refractivity contribution < 1.29 is 23.4 Å². The van der Waals surface area contributed by atoms with Gasteiger partial charge in [0.2, 0.25) is 0 Å². The maximum absolute atomic E-state index is 12.6. The van der Waals surface area contributed by atoms with E-state index in [1.165, 1.54) is 0 Å². The molecule has 2 aromatic carbocycles. The molecule has 0 saturated carbocycles. The van der Waals surface area contributed by atoms with Gasteiger partial charge in [0, 0.05) is 11.6 Å². The third-order valence-corrected chi connectivity index (χ3v) is 4.80. The Morgan fingerprint density at radius 1 is 1.23 bits per heavy atom. The fourth-order valence-electron chi connectivity index (χ4n) is 3.39. The second-order valence-electron chi connectivity index (χ2n) is 6.89. The topological polar surface area (TPSA) is 87.8 Å². The number of hydrogen-bond acceptors (Lipinski definition) is 6. The van der Waals surface area contributed by atoms with Gasteiger partial charge in [-0.05, 0) is 24.3 Å². The predicted molar refractivity (Wildman–Crippen MR) is 109 cm³/mol. The van der Waals surface area contributed by atoms with Crippen LogP contribution >= 0.6 is 0 Å². The van der Waals surface area contributed by atoms with Gasteiger partial charge in [-0.2, -0.15) is 5.10 Å². The second-order valence-corrected chi connectivity index (χ2v) is 6.89. The Hall–Kier alpha value is -3.94. The molecule has 0 bridgehead atoms. The number of para-hydroxylation sites is 3. The van der Waals surface area contributed by atoms with Crippen LogP contribution in [0.25, 0.3) is 11.0 Å². The molecule has 3 heterocycles. The average molecular weight is 405 g/mol. The molecular weight excluding hydrogens is 386 g/mol. The SMILES string of the molecule is COc1cccc2cc(C(=O)Nc3cnn(C[C@H]4COc5ccccc5O4)c3)oc12. The van der Waals surface area contributed by atoms with Gasteiger partial charge in [-0.3, -0.25) is 9.48 Å². The number of benzene rings is 2. The van der Waals surface area contributed by atoms with Gasteiger partial charge < -0.3 is 23.9 Å². The molecule has 8 heteroatoms. The van der Waals surface area contributed by atoms with Crippen LogP contribution in [0.5, 0.6) is 17.2 Å². The number of carbonyl (C=O) groups is 1. The molecule has 1 atom stereocenters. The lowest BCUT2D eigenvalue weighted by atomic mass is 10.2. The summed E-state index contributed by atoms with van der Waals surface area (Å²) in [7, 11) is 1.56. The van der Waals surface area contributed by atoms with Crippen molar-refractivity contribution in [3.8, 4) is 17.2 Å². The summed E-state index contributed by atoms with van der Waals surface area (Å²) in [4.78, 5) is 12.6. The highest BCUT2D eigenvalue weighted by Crippen LogP contribution is 2.31. The lowest BCUT2D eigenvalue weighted by molar-refractivity contribution is 0.0759. The first-order chi connectivity index (χ1) is 14.7. The number of amides is 1. The molecule has 0 unspecified atom stereocenters. The van der Waals surface area contributed by atoms with Crippen molar-refractivity contribution >= 4 is 22.6 Å². The third kappa shape index (κ3) is 3.43. The van der Waals surface area contributed by atoms with E-state index in [4.69, 9.17) is 18.6 Å². The summed E-state index contributed by atoms with van der Waals surface area (Å²) in [6, 6.07) is 14.7. The molecule has 0 radical (unpaired) electrons. The second kappa shape index (κ2) is 7.47. The number of rotatable bonds is 5. The lowest BCUT2D eigenvalue weighted by Crippen LogP contribution is -2.33. The van der Waals surface area contributed by atoms with Crippen molar-refractivity contribution in [1.29, 1.82) is 0 Å². The summed E-state index contributed by atoms with van der Waals surface area (Å²) in [5.41, 5.74) is 1.10. The summed E-state index contributed by atoms with van der Waals surface area (Å²) >= 11 is 0. The molecule has 0 fully saturated rings. The average Bonchev–Trinajstić information content (AvgIpc) is 3.40. The van der Waals surface area contributed by atoms with Gasteiger partial charge in [-0.25, -0.2) is 0 Å². The Labute approximate surface area is 171 Å². The number of furan rings is 1. The first kappa shape index (κ1) is 18.1. The molecular formula is C22H19N3O5. The Bertz CT molecular complexity index is 1210. The third-order valence-electron chi connectivity index (χ3n) is 4.80. The zero-order chi connectivity index (χ0) is 20.5. The molecule has 2 aromatic heterocycles. The van der Waals surface area contributed by atoms with E-state index in [-0.39, 0.29) is 17.8 Å². The quantitative estimate of drug-likeness (QED) is 0.544. The van der Waals surface area contributed by atoms with Crippen LogP contribution < -0.4 is 19.5 Å². The van der Waals surface area contributed by atoms with Crippen LogP contribution in [0.4, 0.5) is 5.69 Å². The number of ether oxygens (including phenoxy) is 3. The van der Waals surface area contributed by atoms with Crippen LogP contribution in [-0.4, -0.2) is 35.5 Å². The summed E-state index contributed by atoms with van der Waals surface area (Å²) in [6.07, 6.45) is 3.15. The normalized spacial score (nSPS) is 15.2. The fourth-order valence-corrected chi connectivity index (χ4v) is 3.39. The van der Waals surface area contributed by atoms with Gasteiger partial charge in [0.15, 0.2) is 34.7 Å². The highest BCUT2D eigenvalue weighted by molar-refractivity contribution is 6.05. The monoisotopic (exact) mass is 405 g/mol. The highest BCUT2D eigenvalue weighted by atomic mass is 16.6. The zero-order valence-electron chi connectivity index (χ0n) is 16.2. The molecule has 8 nitrogen and oxygen atoms in total. The number of anilines is 1. The van der Waals surface area contributed by atoms with Crippen LogP contribution in [0.3, 0.4) is 0 Å². The van der Waals surface area contributed by atoms with Crippen LogP contribution in [0.2, 0.25) is 0 Å². The molecule has 0 saturated heterocycles. The summed E-state index contributed by atoms with van der Waals surface area (Å²) < 4.78 is 24.3. The maximum Gasteiger partial charge on any atom is 0.291 e. The zero-order valence-corrected chi connectivity index (χ0v) is 16.2. The Morgan fingerprint density at radius 3 is 2.97 bits per heavy atom. The predicted octanol–water partition coefficient (Wildman–Crippen LogP) is 3.73. The number of carbonyl (C=O) groups excluding carboxylic acids is 1. The van der Waals surface area contributed by atoms with Gasteiger partial charge in [-0.15, -0.1) is 0 Å². The van der Waals surface area contributed by atoms with Gasteiger partial charge >= 0.3 is 0 Å². The maximum atomic E-state index is 12.6. The molecule has 1 amide bonds. The van der Waals surface area contributed by atoms with Crippen molar-refractivity contribution in [3.05, 3.63) is 66.7 Å². The van der Waals surface area contributed by atoms with E-state index in [0.717, 1.165) is 16.9 Å². The highest BCUT2D eigenvalue weighted by Gasteiger charge is 2.22. The molecule has 1 aliphatic rings. The van der Waals surface area contributed by atoms with E-state index in [2.05, 4.69) is 10.4 Å². The van der Waals surface area contributed by atoms with Crippen LogP contribution in [-0.2, 0) is 6.54 Å². The van der Waals surface area contributed by atoms with Crippen LogP contribution in [0, 0.1) is 0 Å². The Kier molecular flexibility index (Phi) is 4.51. The molecule has 30 heavy (non-hydrogen) atoms. The van der Waals surface area contributed by atoms with Gasteiger partial charge in [0.05, 0.1) is 25.5 Å². The minimum atomic E-state index is -0.362. The molecule has 0 aliphatic carbocycles. The van der Waals surface area contributed by atoms with Crippen LogP contribution in [0.1, 0.15) is 10.6 Å². The molecule has 0 spiro atoms. The minimum Gasteiger partial charge on any atom is -0.493 e. The van der Waals surface area contributed by atoms with E-state index in [0.29, 0.717) is 30.2 Å². The van der Waals surface area contributed by atoms with E-state index >= 15 is 0 Å². The van der Waals surface area contributed by atoms with E-state index < -0.39 is 0 Å². The van der Waals surface area contributed by atoms with Crippen molar-refractivity contribution in [2.45, 2.75) is 12.6 Å². The number of methoxy groups -OCH3 is 1. The number of nitrogens with zero attached hydrogens (tertiary/aromatic N) is 2. The molecule has 1 N–H and O–H groups in total. The smallest absolute Gasteiger partial charge is 0.291 e. The van der Waals surface area contributed by atoms with Crippen LogP contribution in [0.15, 0.2) is 65.3 Å². The Balaban J connectivity index is 1.26. The van der Waals surface area contributed by atoms with Crippen molar-refractivity contribution in [2.24, 2.45) is 0 Å². The minimum absolute atomic E-state index is 0.175. The first-order valence-corrected chi connectivity index (χ1v) is 9.48. The van der Waals surface area contributed by atoms with Crippen molar-refractivity contribution in [2.75, 3.05) is 19.0 Å². The van der Waals surface area contributed by atoms with E-state index in [9.17, 15) is 4.79 Å². The number of aromatic nitrogens is 2. The number of fused-ring (bicyclic) bond motifs is 2. The Morgan fingerprint density at radius 2 is 2.10 bits per heavy atom. The number of hydrogen-bond donors (Lipinski definition) is 1. The fraction of sp³-hybridized carbons (Fsp3) is 0.182. The van der Waals surface area contributed by atoms with E-state index in [1.807, 2.05) is 36.4 Å². The van der Waals surface area contributed by atoms with Crippen molar-refractivity contribution in [3.63, 3.8) is 0 Å². The molecule has 4 aromatic rings. The van der Waals surface area contributed by atoms with Gasteiger partial charge in [0.1, 0.15) is 6.61 Å². The summed E-state index contributed by atoms with van der Waals surface area (Å²) in [6.45, 7) is 0.922. The first-order valence-electron chi connectivity index (χ1n) is 9.48. The van der Waals surface area contributed by atoms with E-state index in [1.54, 1.807) is 36.3 Å². The standard InChI is InChI=1S/C22H19N3O5/c1-27-19-8-4-5-14-9-20(30-21(14)19)22(26)24-15-10-23-25(11-15)12-16-13-28-17-6-2-3-7-18(17)29-16/h2-11,16H,12-13H2,1H3,(H,24,26)/t16-/m0/s1. The molecule has 5 rings (SSSR count). The number of nitrogens with one attached hydrogen (secondary N) is 1. The largest absolute Gasteiger partial charge is 0.493 e. The lowest BCUT2D eigenvalue weighted by Gasteiger charge is -2.26. The van der Waals surface area contributed by atoms with Gasteiger partial charge in [0.25, 0.3) is 5.91 Å². The summed E-state index contributed by atoms with van der Waals surface area (Å²) in [5, 5.41) is 7.90. The molecule has 152 valence electrons.